The topological polar surface area (TPSA) is 104 Å². The molecule has 0 aromatic carbocycles. The van der Waals surface area contributed by atoms with Gasteiger partial charge < -0.3 is 20.4 Å². The van der Waals surface area contributed by atoms with E-state index >= 15 is 0 Å². The standard InChI is InChI=1S/C23H31N9O/c1-14(2)20-22(33)28-19-15(3)27-23(29-21(19)31(20)6)25-10-17-11-26-32(13-17)12-16-7-8-24-18(9-16)30(4)5/h7-9,11,13-14,20H,10,12H2,1-6H3,(H,28,33)(H,25,27,29)/t20-/m0/s1. The van der Waals surface area contributed by atoms with Crippen LogP contribution in [0.3, 0.4) is 0 Å². The van der Waals surface area contributed by atoms with Crippen LogP contribution < -0.4 is 20.4 Å². The fraction of sp³-hybridized carbons (Fsp3) is 0.435. The van der Waals surface area contributed by atoms with E-state index in [1.165, 1.54) is 0 Å². The van der Waals surface area contributed by atoms with E-state index in [9.17, 15) is 4.79 Å². The maximum atomic E-state index is 12.5. The third kappa shape index (κ3) is 4.74. The molecule has 0 radical (unpaired) electrons. The molecule has 1 atom stereocenters. The molecule has 174 valence electrons. The van der Waals surface area contributed by atoms with Crippen molar-refractivity contribution in [2.45, 2.75) is 39.9 Å². The molecule has 2 N–H and O–H groups in total. The largest absolute Gasteiger partial charge is 0.363 e. The zero-order valence-electron chi connectivity index (χ0n) is 20.0. The molecule has 1 amide bonds. The highest BCUT2D eigenvalue weighted by Gasteiger charge is 2.35. The molecule has 10 heteroatoms. The first-order valence-electron chi connectivity index (χ1n) is 11.0. The third-order valence-corrected chi connectivity index (χ3v) is 5.72. The lowest BCUT2D eigenvalue weighted by Gasteiger charge is -2.36. The lowest BCUT2D eigenvalue weighted by molar-refractivity contribution is -0.118. The highest BCUT2D eigenvalue weighted by molar-refractivity contribution is 6.03. The van der Waals surface area contributed by atoms with Gasteiger partial charge in [0.25, 0.3) is 0 Å². The van der Waals surface area contributed by atoms with Crippen molar-refractivity contribution in [1.29, 1.82) is 0 Å². The van der Waals surface area contributed by atoms with Gasteiger partial charge in [0.15, 0.2) is 5.82 Å². The molecule has 0 fully saturated rings. The van der Waals surface area contributed by atoms with Gasteiger partial charge in [0.2, 0.25) is 11.9 Å². The van der Waals surface area contributed by atoms with Gasteiger partial charge in [0.05, 0.1) is 18.4 Å². The Morgan fingerprint density at radius 3 is 2.76 bits per heavy atom. The molecular weight excluding hydrogens is 418 g/mol. The molecule has 0 saturated carbocycles. The number of rotatable bonds is 7. The summed E-state index contributed by atoms with van der Waals surface area (Å²) in [6.07, 6.45) is 5.66. The van der Waals surface area contributed by atoms with Crippen LogP contribution in [0.4, 0.5) is 23.3 Å². The molecule has 0 bridgehead atoms. The van der Waals surface area contributed by atoms with Crippen molar-refractivity contribution in [3.63, 3.8) is 0 Å². The van der Waals surface area contributed by atoms with Gasteiger partial charge in [0.1, 0.15) is 17.5 Å². The number of amides is 1. The second-order valence-corrected chi connectivity index (χ2v) is 8.94. The number of carbonyl (C=O) groups excluding carboxylic acids is 1. The lowest BCUT2D eigenvalue weighted by Crippen LogP contribution is -2.49. The number of nitrogens with one attached hydrogen (secondary N) is 2. The summed E-state index contributed by atoms with van der Waals surface area (Å²) in [5.41, 5.74) is 3.56. The molecule has 0 aliphatic carbocycles. The Kier molecular flexibility index (Phi) is 6.17. The Morgan fingerprint density at radius 2 is 2.03 bits per heavy atom. The minimum Gasteiger partial charge on any atom is -0.363 e. The summed E-state index contributed by atoms with van der Waals surface area (Å²) in [5, 5.41) is 10.8. The van der Waals surface area contributed by atoms with Gasteiger partial charge >= 0.3 is 0 Å². The zero-order valence-corrected chi connectivity index (χ0v) is 20.0. The fourth-order valence-corrected chi connectivity index (χ4v) is 4.05. The number of likely N-dealkylation sites (N-methyl/N-ethyl adjacent to an activating group) is 1. The molecule has 3 aromatic heterocycles. The molecule has 4 heterocycles. The molecule has 1 aliphatic heterocycles. The molecule has 4 rings (SSSR count). The molecular formula is C23H31N9O. The van der Waals surface area contributed by atoms with Crippen molar-refractivity contribution in [3.05, 3.63) is 47.5 Å². The minimum absolute atomic E-state index is 0.0216. The van der Waals surface area contributed by atoms with Gasteiger partial charge in [-0.05, 0) is 30.5 Å². The Bertz CT molecular complexity index is 1150. The quantitative estimate of drug-likeness (QED) is 0.567. The molecule has 3 aromatic rings. The van der Waals surface area contributed by atoms with Gasteiger partial charge in [-0.2, -0.15) is 10.1 Å². The van der Waals surface area contributed by atoms with E-state index < -0.39 is 0 Å². The molecule has 0 unspecified atom stereocenters. The monoisotopic (exact) mass is 449 g/mol. The number of fused-ring (bicyclic) bond motifs is 1. The van der Waals surface area contributed by atoms with Crippen LogP contribution in [0.5, 0.6) is 0 Å². The number of aromatic nitrogens is 5. The Labute approximate surface area is 194 Å². The van der Waals surface area contributed by atoms with Crippen LogP contribution in [0.1, 0.15) is 30.7 Å². The van der Waals surface area contributed by atoms with Gasteiger partial charge in [-0.3, -0.25) is 9.48 Å². The van der Waals surface area contributed by atoms with E-state index in [-0.39, 0.29) is 17.9 Å². The number of hydrogen-bond donors (Lipinski definition) is 2. The van der Waals surface area contributed by atoms with Crippen LogP contribution >= 0.6 is 0 Å². The van der Waals surface area contributed by atoms with Crippen molar-refractivity contribution in [3.8, 4) is 0 Å². The Balaban J connectivity index is 1.45. The average molecular weight is 450 g/mol. The van der Waals surface area contributed by atoms with Crippen molar-refractivity contribution >= 4 is 29.2 Å². The summed E-state index contributed by atoms with van der Waals surface area (Å²) in [4.78, 5) is 30.0. The average Bonchev–Trinajstić information content (AvgIpc) is 3.20. The summed E-state index contributed by atoms with van der Waals surface area (Å²) in [6.45, 7) is 7.15. The third-order valence-electron chi connectivity index (χ3n) is 5.72. The van der Waals surface area contributed by atoms with Gasteiger partial charge in [-0.1, -0.05) is 13.8 Å². The summed E-state index contributed by atoms with van der Waals surface area (Å²) in [7, 11) is 5.86. The summed E-state index contributed by atoms with van der Waals surface area (Å²) in [6, 6.07) is 3.79. The second kappa shape index (κ2) is 9.05. The van der Waals surface area contributed by atoms with E-state index in [0.717, 1.165) is 28.5 Å². The normalized spacial score (nSPS) is 15.4. The van der Waals surface area contributed by atoms with Crippen molar-refractivity contribution < 1.29 is 4.79 Å². The van der Waals surface area contributed by atoms with E-state index in [1.54, 1.807) is 0 Å². The molecule has 1 aliphatic rings. The van der Waals surface area contributed by atoms with Gasteiger partial charge in [-0.25, -0.2) is 9.97 Å². The summed E-state index contributed by atoms with van der Waals surface area (Å²) >= 11 is 0. The number of nitrogens with zero attached hydrogens (tertiary/aromatic N) is 7. The summed E-state index contributed by atoms with van der Waals surface area (Å²) < 4.78 is 1.90. The zero-order chi connectivity index (χ0) is 23.7. The molecule has 33 heavy (non-hydrogen) atoms. The Hall–Kier alpha value is -3.69. The van der Waals surface area contributed by atoms with E-state index in [2.05, 4.69) is 36.8 Å². The van der Waals surface area contributed by atoms with Crippen LogP contribution in [0.2, 0.25) is 0 Å². The highest BCUT2D eigenvalue weighted by Crippen LogP contribution is 2.34. The summed E-state index contributed by atoms with van der Waals surface area (Å²) in [5.74, 6) is 2.31. The van der Waals surface area contributed by atoms with Crippen LogP contribution in [-0.4, -0.2) is 57.8 Å². The van der Waals surface area contributed by atoms with E-state index in [0.29, 0.717) is 24.7 Å². The lowest BCUT2D eigenvalue weighted by atomic mass is 9.99. The molecule has 0 spiro atoms. The first-order chi connectivity index (χ1) is 15.7. The Morgan fingerprint density at radius 1 is 1.24 bits per heavy atom. The van der Waals surface area contributed by atoms with Crippen LogP contribution in [0.25, 0.3) is 0 Å². The van der Waals surface area contributed by atoms with E-state index in [4.69, 9.17) is 0 Å². The molecule has 0 saturated heterocycles. The number of aryl methyl sites for hydroxylation is 1. The second-order valence-electron chi connectivity index (χ2n) is 8.94. The number of anilines is 4. The van der Waals surface area contributed by atoms with Gasteiger partial charge in [-0.15, -0.1) is 0 Å². The minimum atomic E-state index is -0.265. The van der Waals surface area contributed by atoms with E-state index in [1.807, 2.05) is 81.1 Å². The maximum absolute atomic E-state index is 12.5. The smallest absolute Gasteiger partial charge is 0.247 e. The number of hydrogen-bond acceptors (Lipinski definition) is 8. The molecule has 10 nitrogen and oxygen atoms in total. The maximum Gasteiger partial charge on any atom is 0.247 e. The van der Waals surface area contributed by atoms with Crippen molar-refractivity contribution in [1.82, 2.24) is 24.7 Å². The first kappa shape index (κ1) is 22.5. The number of carbonyl (C=O) groups is 1. The SMILES string of the molecule is Cc1nc(NCc2cnn(Cc3ccnc(N(C)C)c3)c2)nc2c1NC(=O)[C@H](C(C)C)N2C. The van der Waals surface area contributed by atoms with Crippen LogP contribution in [0, 0.1) is 12.8 Å². The van der Waals surface area contributed by atoms with Crippen LogP contribution in [-0.2, 0) is 17.9 Å². The predicted octanol–water partition coefficient (Wildman–Crippen LogP) is 2.52. The fourth-order valence-electron chi connectivity index (χ4n) is 4.05. The van der Waals surface area contributed by atoms with Crippen molar-refractivity contribution in [2.24, 2.45) is 5.92 Å². The highest BCUT2D eigenvalue weighted by atomic mass is 16.2. The van der Waals surface area contributed by atoms with Gasteiger partial charge in [0, 0.05) is 45.6 Å². The first-order valence-corrected chi connectivity index (χ1v) is 11.0. The number of pyridine rings is 1. The van der Waals surface area contributed by atoms with Crippen LogP contribution in [0.15, 0.2) is 30.7 Å². The van der Waals surface area contributed by atoms with Crippen molar-refractivity contribution in [2.75, 3.05) is 41.6 Å². The predicted molar refractivity (Wildman–Crippen MR) is 130 cm³/mol.